The third-order valence-electron chi connectivity index (χ3n) is 2.24. The highest BCUT2D eigenvalue weighted by atomic mass is 16.5. The Morgan fingerprint density at radius 2 is 1.83 bits per heavy atom. The van der Waals surface area contributed by atoms with E-state index in [-0.39, 0.29) is 19.0 Å². The van der Waals surface area contributed by atoms with Gasteiger partial charge in [-0.3, -0.25) is 4.79 Å². The molecule has 0 aliphatic rings. The Balaban J connectivity index is 2.65. The highest BCUT2D eigenvalue weighted by Crippen LogP contribution is 2.11. The number of rotatable bonds is 5. The molecule has 5 nitrogen and oxygen atoms in total. The van der Waals surface area contributed by atoms with Crippen molar-refractivity contribution in [1.82, 2.24) is 4.90 Å². The minimum absolute atomic E-state index is 0.116. The number of nitriles is 2. The maximum Gasteiger partial charge on any atom is 0.265 e. The molecule has 1 amide bonds. The van der Waals surface area contributed by atoms with Crippen LogP contribution in [0.15, 0.2) is 30.3 Å². The molecule has 0 heterocycles. The molecular formula is C13H13N3O2. The van der Waals surface area contributed by atoms with Gasteiger partial charge in [0.15, 0.2) is 6.10 Å². The van der Waals surface area contributed by atoms with Gasteiger partial charge in [0.05, 0.1) is 12.1 Å². The third-order valence-corrected chi connectivity index (χ3v) is 2.24. The molecule has 1 atom stereocenters. The Hall–Kier alpha value is -2.53. The molecule has 92 valence electrons. The van der Waals surface area contributed by atoms with Gasteiger partial charge in [-0.1, -0.05) is 18.2 Å². The summed E-state index contributed by atoms with van der Waals surface area (Å²) >= 11 is 0. The predicted molar refractivity (Wildman–Crippen MR) is 64.3 cm³/mol. The van der Waals surface area contributed by atoms with E-state index in [0.29, 0.717) is 5.75 Å². The van der Waals surface area contributed by atoms with Crippen LogP contribution in [-0.2, 0) is 4.79 Å². The van der Waals surface area contributed by atoms with Gasteiger partial charge in [0.2, 0.25) is 0 Å². The van der Waals surface area contributed by atoms with E-state index in [9.17, 15) is 4.79 Å². The molecule has 0 unspecified atom stereocenters. The van der Waals surface area contributed by atoms with Crippen molar-refractivity contribution in [2.75, 3.05) is 13.1 Å². The summed E-state index contributed by atoms with van der Waals surface area (Å²) in [6.45, 7) is 1.36. The molecule has 0 N–H and O–H groups in total. The zero-order chi connectivity index (χ0) is 13.4. The van der Waals surface area contributed by atoms with Gasteiger partial charge in [-0.2, -0.15) is 10.5 Å². The van der Waals surface area contributed by atoms with Crippen LogP contribution < -0.4 is 4.74 Å². The summed E-state index contributed by atoms with van der Waals surface area (Å²) in [5, 5.41) is 17.2. The summed E-state index contributed by atoms with van der Waals surface area (Å²) in [4.78, 5) is 13.1. The molecule has 0 aromatic heterocycles. The summed E-state index contributed by atoms with van der Waals surface area (Å²) in [5.41, 5.74) is 0. The minimum atomic E-state index is -0.728. The van der Waals surface area contributed by atoms with Gasteiger partial charge < -0.3 is 9.64 Å². The number of hydrogen-bond acceptors (Lipinski definition) is 4. The Kier molecular flexibility index (Phi) is 5.21. The Bertz CT molecular complexity index is 457. The number of nitrogens with zero attached hydrogens (tertiary/aromatic N) is 3. The first-order valence-electron chi connectivity index (χ1n) is 5.43. The highest BCUT2D eigenvalue weighted by Gasteiger charge is 2.21. The number of ether oxygens (including phenoxy) is 1. The van der Waals surface area contributed by atoms with Crippen molar-refractivity contribution in [2.24, 2.45) is 0 Å². The molecule has 1 aromatic carbocycles. The van der Waals surface area contributed by atoms with Crippen LogP contribution in [0, 0.1) is 22.7 Å². The molecular weight excluding hydrogens is 230 g/mol. The van der Waals surface area contributed by atoms with Crippen molar-refractivity contribution < 1.29 is 9.53 Å². The Morgan fingerprint density at radius 3 is 2.33 bits per heavy atom. The number of benzene rings is 1. The van der Waals surface area contributed by atoms with Crippen LogP contribution in [0.3, 0.4) is 0 Å². The lowest BCUT2D eigenvalue weighted by Crippen LogP contribution is -2.40. The summed E-state index contributed by atoms with van der Waals surface area (Å²) in [5.74, 6) is 0.203. The molecule has 0 saturated heterocycles. The van der Waals surface area contributed by atoms with E-state index in [1.807, 2.05) is 18.2 Å². The average Bonchev–Trinajstić information content (AvgIpc) is 2.39. The van der Waals surface area contributed by atoms with Gasteiger partial charge in [0, 0.05) is 0 Å². The smallest absolute Gasteiger partial charge is 0.265 e. The molecule has 0 spiro atoms. The number of para-hydroxylation sites is 1. The van der Waals surface area contributed by atoms with Crippen molar-refractivity contribution in [2.45, 2.75) is 13.0 Å². The number of carbonyl (C=O) groups is 1. The fourth-order valence-corrected chi connectivity index (χ4v) is 1.39. The molecule has 1 aromatic rings. The van der Waals surface area contributed by atoms with Crippen LogP contribution in [0.5, 0.6) is 5.75 Å². The molecule has 5 heteroatoms. The van der Waals surface area contributed by atoms with Crippen LogP contribution in [-0.4, -0.2) is 30.0 Å². The van der Waals surface area contributed by atoms with E-state index >= 15 is 0 Å². The summed E-state index contributed by atoms with van der Waals surface area (Å²) < 4.78 is 5.44. The van der Waals surface area contributed by atoms with Crippen molar-refractivity contribution in [3.05, 3.63) is 30.3 Å². The topological polar surface area (TPSA) is 77.1 Å². The number of hydrogen-bond donors (Lipinski definition) is 0. The molecule has 0 bridgehead atoms. The van der Waals surface area contributed by atoms with E-state index in [1.165, 1.54) is 0 Å². The largest absolute Gasteiger partial charge is 0.481 e. The Labute approximate surface area is 106 Å². The van der Waals surface area contributed by atoms with E-state index in [1.54, 1.807) is 31.2 Å². The SMILES string of the molecule is C[C@@H](Oc1ccccc1)C(=O)N(CC#N)CC#N. The van der Waals surface area contributed by atoms with Gasteiger partial charge in [0.25, 0.3) is 5.91 Å². The van der Waals surface area contributed by atoms with Crippen molar-refractivity contribution in [1.29, 1.82) is 10.5 Å². The monoisotopic (exact) mass is 243 g/mol. The molecule has 0 aliphatic carbocycles. The summed E-state index contributed by atoms with van der Waals surface area (Å²) in [6.07, 6.45) is -0.728. The van der Waals surface area contributed by atoms with E-state index in [4.69, 9.17) is 15.3 Å². The third kappa shape index (κ3) is 3.80. The van der Waals surface area contributed by atoms with Gasteiger partial charge in [-0.15, -0.1) is 0 Å². The standard InChI is InChI=1S/C13H13N3O2/c1-11(18-12-5-3-2-4-6-12)13(17)16(9-7-14)10-8-15/h2-6,11H,9-10H2,1H3/t11-/m1/s1. The second-order valence-electron chi connectivity index (χ2n) is 3.58. The number of carbonyl (C=O) groups excluding carboxylic acids is 1. The van der Waals surface area contributed by atoms with Crippen molar-refractivity contribution in [3.8, 4) is 17.9 Å². The summed E-state index contributed by atoms with van der Waals surface area (Å²) in [7, 11) is 0. The lowest BCUT2D eigenvalue weighted by atomic mass is 10.3. The minimum Gasteiger partial charge on any atom is -0.481 e. The molecule has 0 radical (unpaired) electrons. The van der Waals surface area contributed by atoms with E-state index < -0.39 is 6.10 Å². The van der Waals surface area contributed by atoms with Crippen LogP contribution in [0.4, 0.5) is 0 Å². The second-order valence-corrected chi connectivity index (χ2v) is 3.58. The molecule has 0 aliphatic heterocycles. The quantitative estimate of drug-likeness (QED) is 0.731. The average molecular weight is 243 g/mol. The van der Waals surface area contributed by atoms with E-state index in [0.717, 1.165) is 4.90 Å². The number of amides is 1. The molecule has 0 saturated carbocycles. The maximum atomic E-state index is 11.9. The summed E-state index contributed by atoms with van der Waals surface area (Å²) in [6, 6.07) is 12.6. The molecule has 1 rings (SSSR count). The zero-order valence-corrected chi connectivity index (χ0v) is 10.0. The first kappa shape index (κ1) is 13.5. The lowest BCUT2D eigenvalue weighted by Gasteiger charge is -2.21. The maximum absolute atomic E-state index is 11.9. The van der Waals surface area contributed by atoms with Gasteiger partial charge in [-0.05, 0) is 19.1 Å². The first-order valence-corrected chi connectivity index (χ1v) is 5.43. The van der Waals surface area contributed by atoms with Crippen molar-refractivity contribution >= 4 is 5.91 Å². The molecule has 18 heavy (non-hydrogen) atoms. The fourth-order valence-electron chi connectivity index (χ4n) is 1.39. The Morgan fingerprint density at radius 1 is 1.28 bits per heavy atom. The van der Waals surface area contributed by atoms with Crippen molar-refractivity contribution in [3.63, 3.8) is 0 Å². The first-order chi connectivity index (χ1) is 8.69. The second kappa shape index (κ2) is 6.93. The van der Waals surface area contributed by atoms with E-state index in [2.05, 4.69) is 0 Å². The molecule has 0 fully saturated rings. The van der Waals surface area contributed by atoms with Crippen LogP contribution in [0.1, 0.15) is 6.92 Å². The van der Waals surface area contributed by atoms with Crippen LogP contribution in [0.2, 0.25) is 0 Å². The van der Waals surface area contributed by atoms with Crippen LogP contribution in [0.25, 0.3) is 0 Å². The van der Waals surface area contributed by atoms with Gasteiger partial charge >= 0.3 is 0 Å². The lowest BCUT2D eigenvalue weighted by molar-refractivity contribution is -0.136. The highest BCUT2D eigenvalue weighted by molar-refractivity contribution is 5.81. The van der Waals surface area contributed by atoms with Crippen LogP contribution >= 0.6 is 0 Å². The van der Waals surface area contributed by atoms with Gasteiger partial charge in [0.1, 0.15) is 18.8 Å². The fraction of sp³-hybridized carbons (Fsp3) is 0.308. The predicted octanol–water partition coefficient (Wildman–Crippen LogP) is 1.33. The van der Waals surface area contributed by atoms with Gasteiger partial charge in [-0.25, -0.2) is 0 Å². The normalized spacial score (nSPS) is 10.8. The zero-order valence-electron chi connectivity index (χ0n) is 10.0.